The summed E-state index contributed by atoms with van der Waals surface area (Å²) in [7, 11) is 0. The van der Waals surface area contributed by atoms with Crippen LogP contribution in [0.1, 0.15) is 37.5 Å². The van der Waals surface area contributed by atoms with Gasteiger partial charge in [0.2, 0.25) is 0 Å². The number of hydrogen-bond acceptors (Lipinski definition) is 2. The van der Waals surface area contributed by atoms with Gasteiger partial charge in [-0.15, -0.1) is 0 Å². The standard InChI is InChI=1S/C14H22BrNO/c1-9(2)7-11(8-16)14(17)12-5-4-6-13(15)10(12)3/h4-6,9,11,14,17H,7-8,16H2,1-3H3. The summed E-state index contributed by atoms with van der Waals surface area (Å²) < 4.78 is 1.04. The monoisotopic (exact) mass is 299 g/mol. The van der Waals surface area contributed by atoms with Crippen molar-refractivity contribution < 1.29 is 5.11 Å². The molecule has 0 heterocycles. The highest BCUT2D eigenvalue weighted by Crippen LogP contribution is 2.31. The van der Waals surface area contributed by atoms with E-state index in [0.717, 1.165) is 22.0 Å². The lowest BCUT2D eigenvalue weighted by molar-refractivity contribution is 0.0988. The van der Waals surface area contributed by atoms with Gasteiger partial charge in [0.15, 0.2) is 0 Å². The van der Waals surface area contributed by atoms with Crippen LogP contribution >= 0.6 is 15.9 Å². The van der Waals surface area contributed by atoms with Crippen molar-refractivity contribution >= 4 is 15.9 Å². The molecule has 0 fully saturated rings. The van der Waals surface area contributed by atoms with Gasteiger partial charge >= 0.3 is 0 Å². The van der Waals surface area contributed by atoms with Gasteiger partial charge in [-0.05, 0) is 43.0 Å². The van der Waals surface area contributed by atoms with E-state index in [0.29, 0.717) is 12.5 Å². The lowest BCUT2D eigenvalue weighted by Crippen LogP contribution is -2.24. The van der Waals surface area contributed by atoms with Gasteiger partial charge in [0.05, 0.1) is 6.10 Å². The van der Waals surface area contributed by atoms with Crippen LogP contribution in [0.4, 0.5) is 0 Å². The van der Waals surface area contributed by atoms with Gasteiger partial charge in [0.25, 0.3) is 0 Å². The Morgan fingerprint density at radius 2 is 2.00 bits per heavy atom. The van der Waals surface area contributed by atoms with Crippen LogP contribution in [0.5, 0.6) is 0 Å². The van der Waals surface area contributed by atoms with E-state index in [1.165, 1.54) is 0 Å². The average Bonchev–Trinajstić information content (AvgIpc) is 2.28. The molecule has 0 bridgehead atoms. The lowest BCUT2D eigenvalue weighted by Gasteiger charge is -2.25. The lowest BCUT2D eigenvalue weighted by atomic mass is 9.87. The zero-order valence-corrected chi connectivity index (χ0v) is 12.4. The molecule has 0 aromatic heterocycles. The molecule has 0 amide bonds. The molecule has 0 spiro atoms. The fourth-order valence-electron chi connectivity index (χ4n) is 2.16. The predicted octanol–water partition coefficient (Wildman–Crippen LogP) is 3.41. The predicted molar refractivity (Wildman–Crippen MR) is 75.8 cm³/mol. The van der Waals surface area contributed by atoms with Gasteiger partial charge in [0.1, 0.15) is 0 Å². The van der Waals surface area contributed by atoms with Crippen molar-refractivity contribution in [3.8, 4) is 0 Å². The third-order valence-corrected chi connectivity index (χ3v) is 4.01. The number of aliphatic hydroxyl groups excluding tert-OH is 1. The first-order valence-corrected chi connectivity index (χ1v) is 6.89. The van der Waals surface area contributed by atoms with Crippen LogP contribution in [-0.4, -0.2) is 11.7 Å². The molecule has 0 saturated heterocycles. The number of halogens is 1. The van der Waals surface area contributed by atoms with Crippen molar-refractivity contribution in [2.45, 2.75) is 33.3 Å². The molecule has 96 valence electrons. The number of hydrogen-bond donors (Lipinski definition) is 2. The van der Waals surface area contributed by atoms with Crippen LogP contribution in [0, 0.1) is 18.8 Å². The maximum atomic E-state index is 10.4. The molecule has 2 atom stereocenters. The van der Waals surface area contributed by atoms with Gasteiger partial charge in [0, 0.05) is 10.4 Å². The number of aliphatic hydroxyl groups is 1. The normalized spacial score (nSPS) is 15.0. The van der Waals surface area contributed by atoms with E-state index in [-0.39, 0.29) is 5.92 Å². The van der Waals surface area contributed by atoms with Gasteiger partial charge in [-0.3, -0.25) is 0 Å². The zero-order chi connectivity index (χ0) is 13.0. The maximum absolute atomic E-state index is 10.4. The molecule has 0 radical (unpaired) electrons. The van der Waals surface area contributed by atoms with E-state index in [1.807, 2.05) is 25.1 Å². The zero-order valence-electron chi connectivity index (χ0n) is 10.8. The van der Waals surface area contributed by atoms with E-state index < -0.39 is 6.10 Å². The van der Waals surface area contributed by atoms with Crippen molar-refractivity contribution in [1.82, 2.24) is 0 Å². The minimum Gasteiger partial charge on any atom is -0.388 e. The van der Waals surface area contributed by atoms with Crippen LogP contribution in [0.15, 0.2) is 22.7 Å². The number of rotatable bonds is 5. The summed E-state index contributed by atoms with van der Waals surface area (Å²) in [4.78, 5) is 0. The van der Waals surface area contributed by atoms with Crippen molar-refractivity contribution in [1.29, 1.82) is 0 Å². The van der Waals surface area contributed by atoms with E-state index in [9.17, 15) is 5.11 Å². The number of nitrogens with two attached hydrogens (primary N) is 1. The van der Waals surface area contributed by atoms with Crippen LogP contribution < -0.4 is 5.73 Å². The average molecular weight is 300 g/mol. The topological polar surface area (TPSA) is 46.2 Å². The Bertz CT molecular complexity index is 365. The van der Waals surface area contributed by atoms with E-state index in [1.54, 1.807) is 0 Å². The van der Waals surface area contributed by atoms with Crippen molar-refractivity contribution in [3.05, 3.63) is 33.8 Å². The number of benzene rings is 1. The maximum Gasteiger partial charge on any atom is 0.0833 e. The Hall–Kier alpha value is -0.380. The fraction of sp³-hybridized carbons (Fsp3) is 0.571. The third-order valence-electron chi connectivity index (χ3n) is 3.15. The molecule has 0 saturated carbocycles. The van der Waals surface area contributed by atoms with E-state index >= 15 is 0 Å². The summed E-state index contributed by atoms with van der Waals surface area (Å²) >= 11 is 3.49. The molecule has 17 heavy (non-hydrogen) atoms. The fourth-order valence-corrected chi connectivity index (χ4v) is 2.54. The summed E-state index contributed by atoms with van der Waals surface area (Å²) in [6.45, 7) is 6.85. The van der Waals surface area contributed by atoms with E-state index in [4.69, 9.17) is 5.73 Å². The van der Waals surface area contributed by atoms with Crippen LogP contribution in [0.2, 0.25) is 0 Å². The first-order chi connectivity index (χ1) is 7.97. The van der Waals surface area contributed by atoms with Gasteiger partial charge < -0.3 is 10.8 Å². The molecule has 2 unspecified atom stereocenters. The molecule has 1 aromatic rings. The highest BCUT2D eigenvalue weighted by molar-refractivity contribution is 9.10. The van der Waals surface area contributed by atoms with Crippen LogP contribution in [0.25, 0.3) is 0 Å². The smallest absolute Gasteiger partial charge is 0.0833 e. The Morgan fingerprint density at radius 1 is 1.35 bits per heavy atom. The molecule has 0 aliphatic rings. The minimum atomic E-state index is -0.472. The molecule has 3 N–H and O–H groups in total. The van der Waals surface area contributed by atoms with Crippen LogP contribution in [0.3, 0.4) is 0 Å². The quantitative estimate of drug-likeness (QED) is 0.875. The second-order valence-corrected chi connectivity index (χ2v) is 5.88. The van der Waals surface area contributed by atoms with Crippen molar-refractivity contribution in [3.63, 3.8) is 0 Å². The largest absolute Gasteiger partial charge is 0.388 e. The third kappa shape index (κ3) is 3.80. The Labute approximate surface area is 112 Å². The molecule has 3 heteroatoms. The van der Waals surface area contributed by atoms with Crippen molar-refractivity contribution in [2.75, 3.05) is 6.54 Å². The van der Waals surface area contributed by atoms with Gasteiger partial charge in [-0.1, -0.05) is 41.9 Å². The molecule has 2 nitrogen and oxygen atoms in total. The summed E-state index contributed by atoms with van der Waals surface area (Å²) in [6.07, 6.45) is 0.476. The summed E-state index contributed by atoms with van der Waals surface area (Å²) in [5.41, 5.74) is 7.86. The van der Waals surface area contributed by atoms with Crippen LogP contribution in [-0.2, 0) is 0 Å². The Kier molecular flexibility index (Phi) is 5.63. The molecular formula is C14H22BrNO. The summed E-state index contributed by atoms with van der Waals surface area (Å²) in [5.74, 6) is 0.675. The van der Waals surface area contributed by atoms with Gasteiger partial charge in [-0.2, -0.15) is 0 Å². The molecule has 1 rings (SSSR count). The Morgan fingerprint density at radius 3 is 2.53 bits per heavy atom. The summed E-state index contributed by atoms with van der Waals surface area (Å²) in [5, 5.41) is 10.4. The van der Waals surface area contributed by atoms with E-state index in [2.05, 4.69) is 29.8 Å². The van der Waals surface area contributed by atoms with Crippen molar-refractivity contribution in [2.24, 2.45) is 17.6 Å². The Balaban J connectivity index is 2.93. The molecule has 1 aromatic carbocycles. The highest BCUT2D eigenvalue weighted by Gasteiger charge is 2.22. The first-order valence-electron chi connectivity index (χ1n) is 6.10. The second kappa shape index (κ2) is 6.53. The summed E-state index contributed by atoms with van der Waals surface area (Å²) in [6, 6.07) is 5.93. The molecular weight excluding hydrogens is 278 g/mol. The first kappa shape index (κ1) is 14.7. The second-order valence-electron chi connectivity index (χ2n) is 5.02. The SMILES string of the molecule is Cc1c(Br)cccc1C(O)C(CN)CC(C)C. The molecule has 0 aliphatic carbocycles. The molecule has 0 aliphatic heterocycles. The van der Waals surface area contributed by atoms with Gasteiger partial charge in [-0.25, -0.2) is 0 Å². The minimum absolute atomic E-state index is 0.128. The highest BCUT2D eigenvalue weighted by atomic mass is 79.9.